The van der Waals surface area contributed by atoms with Crippen LogP contribution in [-0.4, -0.2) is 33.4 Å². The Morgan fingerprint density at radius 2 is 2.00 bits per heavy atom. The molecule has 0 aliphatic rings. The third-order valence-electron chi connectivity index (χ3n) is 2.23. The maximum absolute atomic E-state index is 11.6. The summed E-state index contributed by atoms with van der Waals surface area (Å²) in [5.41, 5.74) is 6.75. The minimum atomic E-state index is -0.437. The monoisotopic (exact) mass is 275 g/mol. The Kier molecular flexibility index (Phi) is 8.11. The summed E-state index contributed by atoms with van der Waals surface area (Å²) in [7, 11) is 2.92. The van der Waals surface area contributed by atoms with E-state index in [-0.39, 0.29) is 12.4 Å². The number of hydrogen-bond donors (Lipinski definition) is 1. The summed E-state index contributed by atoms with van der Waals surface area (Å²) in [4.78, 5) is 11.6. The lowest BCUT2D eigenvalue weighted by molar-refractivity contribution is 0.0593. The maximum atomic E-state index is 11.6. The highest BCUT2D eigenvalue weighted by Gasteiger charge is 2.13. The molecule has 0 aliphatic carbocycles. The standard InChI is InChI=1S/C12H17NO4.ClH/c1-15-5-6-17-11-4-3-9(8-13)7-10(11)12(14)16-2;/h3-4,7H,5-6,8,13H2,1-2H3;1H. The van der Waals surface area contributed by atoms with Crippen LogP contribution in [-0.2, 0) is 16.0 Å². The molecule has 1 aromatic carbocycles. The average Bonchev–Trinajstić information content (AvgIpc) is 2.38. The normalized spacial score (nSPS) is 9.50. The topological polar surface area (TPSA) is 70.8 Å². The molecule has 2 N–H and O–H groups in total. The Morgan fingerprint density at radius 3 is 2.56 bits per heavy atom. The summed E-state index contributed by atoms with van der Waals surface area (Å²) < 4.78 is 15.0. The van der Waals surface area contributed by atoms with Gasteiger partial charge in [0.15, 0.2) is 0 Å². The van der Waals surface area contributed by atoms with Gasteiger partial charge >= 0.3 is 5.97 Å². The Hall–Kier alpha value is -1.30. The molecule has 0 bridgehead atoms. The van der Waals surface area contributed by atoms with Crippen LogP contribution < -0.4 is 10.5 Å². The fourth-order valence-corrected chi connectivity index (χ4v) is 1.33. The van der Waals surface area contributed by atoms with E-state index in [1.54, 1.807) is 19.2 Å². The molecule has 0 spiro atoms. The molecule has 0 atom stereocenters. The molecule has 0 saturated carbocycles. The molecule has 18 heavy (non-hydrogen) atoms. The first-order valence-electron chi connectivity index (χ1n) is 5.26. The van der Waals surface area contributed by atoms with Crippen LogP contribution in [0.25, 0.3) is 0 Å². The van der Waals surface area contributed by atoms with Crippen LogP contribution in [0.15, 0.2) is 18.2 Å². The number of carbonyl (C=O) groups excluding carboxylic acids is 1. The van der Waals surface area contributed by atoms with Crippen molar-refractivity contribution in [2.24, 2.45) is 5.73 Å². The second-order valence-corrected chi connectivity index (χ2v) is 3.37. The smallest absolute Gasteiger partial charge is 0.341 e. The van der Waals surface area contributed by atoms with Crippen molar-refractivity contribution in [3.63, 3.8) is 0 Å². The van der Waals surface area contributed by atoms with E-state index in [2.05, 4.69) is 0 Å². The largest absolute Gasteiger partial charge is 0.490 e. The fourth-order valence-electron chi connectivity index (χ4n) is 1.33. The van der Waals surface area contributed by atoms with Gasteiger partial charge in [0.05, 0.1) is 13.7 Å². The highest BCUT2D eigenvalue weighted by Crippen LogP contribution is 2.21. The van der Waals surface area contributed by atoms with Gasteiger partial charge in [0, 0.05) is 13.7 Å². The van der Waals surface area contributed by atoms with Crippen LogP contribution >= 0.6 is 12.4 Å². The van der Waals surface area contributed by atoms with E-state index in [4.69, 9.17) is 19.9 Å². The Bertz CT molecular complexity index is 384. The van der Waals surface area contributed by atoms with Crippen LogP contribution in [0.4, 0.5) is 0 Å². The molecule has 0 heterocycles. The van der Waals surface area contributed by atoms with E-state index >= 15 is 0 Å². The summed E-state index contributed by atoms with van der Waals surface area (Å²) in [5.74, 6) is 0.0406. The number of halogens is 1. The summed E-state index contributed by atoms with van der Waals surface area (Å²) in [6, 6.07) is 5.20. The molecule has 0 amide bonds. The van der Waals surface area contributed by atoms with Crippen molar-refractivity contribution in [2.75, 3.05) is 27.4 Å². The molecule has 0 unspecified atom stereocenters. The number of carbonyl (C=O) groups is 1. The molecule has 6 heteroatoms. The lowest BCUT2D eigenvalue weighted by Crippen LogP contribution is -2.10. The van der Waals surface area contributed by atoms with E-state index in [0.717, 1.165) is 5.56 Å². The van der Waals surface area contributed by atoms with Gasteiger partial charge in [-0.1, -0.05) is 6.07 Å². The average molecular weight is 276 g/mol. The first-order valence-corrected chi connectivity index (χ1v) is 5.26. The Balaban J connectivity index is 0.00000289. The molecular formula is C12H18ClNO4. The quantitative estimate of drug-likeness (QED) is 0.627. The molecule has 0 saturated heterocycles. The number of nitrogens with two attached hydrogens (primary N) is 1. The molecule has 0 radical (unpaired) electrons. The molecular weight excluding hydrogens is 258 g/mol. The summed E-state index contributed by atoms with van der Waals surface area (Å²) in [6.45, 7) is 1.20. The Labute approximate surface area is 113 Å². The second kappa shape index (κ2) is 8.74. The SMILES string of the molecule is COCCOc1ccc(CN)cc1C(=O)OC.Cl. The molecule has 5 nitrogen and oxygen atoms in total. The van der Waals surface area contributed by atoms with Gasteiger partial charge < -0.3 is 19.9 Å². The first kappa shape index (κ1) is 16.7. The van der Waals surface area contributed by atoms with E-state index in [0.29, 0.717) is 31.1 Å². The summed E-state index contributed by atoms with van der Waals surface area (Å²) in [5, 5.41) is 0. The molecule has 0 fully saturated rings. The van der Waals surface area contributed by atoms with Crippen LogP contribution in [0.3, 0.4) is 0 Å². The van der Waals surface area contributed by atoms with Gasteiger partial charge in [-0.2, -0.15) is 0 Å². The maximum Gasteiger partial charge on any atom is 0.341 e. The zero-order chi connectivity index (χ0) is 12.7. The number of ether oxygens (including phenoxy) is 3. The second-order valence-electron chi connectivity index (χ2n) is 3.37. The van der Waals surface area contributed by atoms with Gasteiger partial charge in [0.25, 0.3) is 0 Å². The number of esters is 1. The zero-order valence-electron chi connectivity index (χ0n) is 10.5. The lowest BCUT2D eigenvalue weighted by Gasteiger charge is -2.11. The minimum absolute atomic E-state index is 0. The third-order valence-corrected chi connectivity index (χ3v) is 2.23. The first-order chi connectivity index (χ1) is 8.22. The van der Waals surface area contributed by atoms with Gasteiger partial charge in [-0.25, -0.2) is 4.79 Å². The summed E-state index contributed by atoms with van der Waals surface area (Å²) in [6.07, 6.45) is 0. The Morgan fingerprint density at radius 1 is 1.28 bits per heavy atom. The number of hydrogen-bond acceptors (Lipinski definition) is 5. The molecule has 0 aromatic heterocycles. The number of benzene rings is 1. The third kappa shape index (κ3) is 4.52. The number of methoxy groups -OCH3 is 2. The van der Waals surface area contributed by atoms with Crippen molar-refractivity contribution in [1.82, 2.24) is 0 Å². The van der Waals surface area contributed by atoms with Crippen molar-refractivity contribution in [3.8, 4) is 5.75 Å². The van der Waals surface area contributed by atoms with Gasteiger partial charge in [0.1, 0.15) is 17.9 Å². The molecule has 1 rings (SSSR count). The van der Waals surface area contributed by atoms with Crippen LogP contribution in [0.2, 0.25) is 0 Å². The van der Waals surface area contributed by atoms with E-state index < -0.39 is 5.97 Å². The van der Waals surface area contributed by atoms with Crippen molar-refractivity contribution in [3.05, 3.63) is 29.3 Å². The van der Waals surface area contributed by atoms with Gasteiger partial charge in [-0.3, -0.25) is 0 Å². The highest BCUT2D eigenvalue weighted by molar-refractivity contribution is 5.92. The van der Waals surface area contributed by atoms with Crippen molar-refractivity contribution >= 4 is 18.4 Å². The number of rotatable bonds is 6. The van der Waals surface area contributed by atoms with E-state index in [1.165, 1.54) is 7.11 Å². The molecule has 102 valence electrons. The minimum Gasteiger partial charge on any atom is -0.490 e. The van der Waals surface area contributed by atoms with Crippen LogP contribution in [0.5, 0.6) is 5.75 Å². The van der Waals surface area contributed by atoms with Crippen LogP contribution in [0, 0.1) is 0 Å². The predicted octanol–water partition coefficient (Wildman–Crippen LogP) is 1.38. The van der Waals surface area contributed by atoms with Gasteiger partial charge in [-0.05, 0) is 17.7 Å². The van der Waals surface area contributed by atoms with Gasteiger partial charge in [-0.15, -0.1) is 12.4 Å². The predicted molar refractivity (Wildman–Crippen MR) is 70.3 cm³/mol. The molecule has 1 aromatic rings. The van der Waals surface area contributed by atoms with Crippen molar-refractivity contribution in [1.29, 1.82) is 0 Å². The van der Waals surface area contributed by atoms with E-state index in [9.17, 15) is 4.79 Å². The fraction of sp³-hybridized carbons (Fsp3) is 0.417. The summed E-state index contributed by atoms with van der Waals surface area (Å²) >= 11 is 0. The zero-order valence-corrected chi connectivity index (χ0v) is 11.3. The highest BCUT2D eigenvalue weighted by atomic mass is 35.5. The van der Waals surface area contributed by atoms with Crippen molar-refractivity contribution < 1.29 is 19.0 Å². The van der Waals surface area contributed by atoms with E-state index in [1.807, 2.05) is 6.07 Å². The van der Waals surface area contributed by atoms with Crippen molar-refractivity contribution in [2.45, 2.75) is 6.54 Å². The molecule has 0 aliphatic heterocycles. The van der Waals surface area contributed by atoms with Crippen LogP contribution in [0.1, 0.15) is 15.9 Å². The lowest BCUT2D eigenvalue weighted by atomic mass is 10.1. The van der Waals surface area contributed by atoms with Gasteiger partial charge in [0.2, 0.25) is 0 Å².